The lowest BCUT2D eigenvalue weighted by Gasteiger charge is -2.39. The molecule has 3 heteroatoms. The molecule has 1 amide bonds. The summed E-state index contributed by atoms with van der Waals surface area (Å²) in [4.78, 5) is 11.7. The first kappa shape index (κ1) is 14.3. The molecule has 0 saturated heterocycles. The van der Waals surface area contributed by atoms with Gasteiger partial charge in [0, 0.05) is 6.04 Å². The van der Waals surface area contributed by atoms with E-state index in [1.807, 2.05) is 20.8 Å². The molecule has 2 atom stereocenters. The largest absolute Gasteiger partial charge is 0.444 e. The monoisotopic (exact) mass is 241 g/mol. The third kappa shape index (κ3) is 4.97. The van der Waals surface area contributed by atoms with Gasteiger partial charge in [0.1, 0.15) is 5.60 Å². The van der Waals surface area contributed by atoms with E-state index in [0.717, 1.165) is 19.3 Å². The maximum atomic E-state index is 11.7. The molecule has 0 bridgehead atoms. The number of carbonyl (C=O) groups excluding carboxylic acids is 1. The van der Waals surface area contributed by atoms with Gasteiger partial charge in [0.25, 0.3) is 0 Å². The van der Waals surface area contributed by atoms with Crippen LogP contribution in [0.4, 0.5) is 4.79 Å². The fraction of sp³-hybridized carbons (Fsp3) is 0.929. The zero-order valence-electron chi connectivity index (χ0n) is 12.1. The molecule has 17 heavy (non-hydrogen) atoms. The Morgan fingerprint density at radius 2 is 1.94 bits per heavy atom. The quantitative estimate of drug-likeness (QED) is 0.759. The second kappa shape index (κ2) is 4.87. The Bertz CT molecular complexity index is 278. The summed E-state index contributed by atoms with van der Waals surface area (Å²) in [5, 5.41) is 3.00. The van der Waals surface area contributed by atoms with Crippen molar-refractivity contribution in [3.8, 4) is 0 Å². The van der Waals surface area contributed by atoms with Crippen LogP contribution < -0.4 is 5.32 Å². The van der Waals surface area contributed by atoms with Gasteiger partial charge < -0.3 is 10.1 Å². The van der Waals surface area contributed by atoms with Crippen LogP contribution >= 0.6 is 0 Å². The Balaban J connectivity index is 2.45. The number of amides is 1. The molecule has 1 aliphatic rings. The van der Waals surface area contributed by atoms with Gasteiger partial charge in [0.05, 0.1) is 0 Å². The molecule has 0 aliphatic heterocycles. The van der Waals surface area contributed by atoms with Crippen molar-refractivity contribution < 1.29 is 9.53 Å². The van der Waals surface area contributed by atoms with Gasteiger partial charge in [-0.15, -0.1) is 0 Å². The maximum absolute atomic E-state index is 11.7. The van der Waals surface area contributed by atoms with E-state index in [4.69, 9.17) is 4.74 Å². The molecular weight excluding hydrogens is 214 g/mol. The number of alkyl carbamates (subject to hydrolysis) is 1. The predicted octanol–water partition coefficient (Wildman–Crippen LogP) is 3.73. The molecule has 1 unspecified atom stereocenters. The molecular formula is C14H27NO2. The summed E-state index contributed by atoms with van der Waals surface area (Å²) in [6.45, 7) is 12.5. The molecule has 1 fully saturated rings. The van der Waals surface area contributed by atoms with Crippen LogP contribution in [0.15, 0.2) is 0 Å². The summed E-state index contributed by atoms with van der Waals surface area (Å²) >= 11 is 0. The zero-order valence-corrected chi connectivity index (χ0v) is 12.1. The molecule has 0 spiro atoms. The Kier molecular flexibility index (Phi) is 4.11. The van der Waals surface area contributed by atoms with Crippen molar-refractivity contribution in [1.29, 1.82) is 0 Å². The SMILES string of the molecule is C[C@@H]1CC(C)(C)CCC1NC(=O)OC(C)(C)C. The van der Waals surface area contributed by atoms with Gasteiger partial charge in [0.2, 0.25) is 0 Å². The van der Waals surface area contributed by atoms with Crippen LogP contribution in [0.1, 0.15) is 60.8 Å². The summed E-state index contributed by atoms with van der Waals surface area (Å²) in [6.07, 6.45) is 3.09. The molecule has 0 heterocycles. The van der Waals surface area contributed by atoms with E-state index in [9.17, 15) is 4.79 Å². The first-order valence-electron chi connectivity index (χ1n) is 6.59. The van der Waals surface area contributed by atoms with Crippen molar-refractivity contribution in [2.75, 3.05) is 0 Å². The summed E-state index contributed by atoms with van der Waals surface area (Å²) in [6, 6.07) is 0.262. The molecule has 1 rings (SSSR count). The Hall–Kier alpha value is -0.730. The van der Waals surface area contributed by atoms with Crippen LogP contribution in [0.5, 0.6) is 0 Å². The van der Waals surface area contributed by atoms with Crippen molar-refractivity contribution in [3.63, 3.8) is 0 Å². The van der Waals surface area contributed by atoms with Gasteiger partial charge >= 0.3 is 6.09 Å². The van der Waals surface area contributed by atoms with E-state index in [-0.39, 0.29) is 12.1 Å². The molecule has 1 N–H and O–H groups in total. The van der Waals surface area contributed by atoms with Crippen molar-refractivity contribution in [2.45, 2.75) is 72.4 Å². The Labute approximate surface area is 105 Å². The van der Waals surface area contributed by atoms with Crippen LogP contribution in [0, 0.1) is 11.3 Å². The fourth-order valence-corrected chi connectivity index (χ4v) is 2.62. The maximum Gasteiger partial charge on any atom is 0.407 e. The van der Waals surface area contributed by atoms with E-state index in [2.05, 4.69) is 26.1 Å². The van der Waals surface area contributed by atoms with Gasteiger partial charge in [-0.05, 0) is 51.4 Å². The highest BCUT2D eigenvalue weighted by Gasteiger charge is 2.33. The highest BCUT2D eigenvalue weighted by molar-refractivity contribution is 5.68. The van der Waals surface area contributed by atoms with Gasteiger partial charge in [-0.2, -0.15) is 0 Å². The third-order valence-electron chi connectivity index (χ3n) is 3.40. The topological polar surface area (TPSA) is 38.3 Å². The van der Waals surface area contributed by atoms with Crippen LogP contribution in [0.2, 0.25) is 0 Å². The highest BCUT2D eigenvalue weighted by Crippen LogP contribution is 2.38. The fourth-order valence-electron chi connectivity index (χ4n) is 2.62. The van der Waals surface area contributed by atoms with Crippen molar-refractivity contribution >= 4 is 6.09 Å². The third-order valence-corrected chi connectivity index (χ3v) is 3.40. The molecule has 3 nitrogen and oxygen atoms in total. The zero-order chi connectivity index (χ0) is 13.3. The van der Waals surface area contributed by atoms with E-state index < -0.39 is 5.60 Å². The number of ether oxygens (including phenoxy) is 1. The highest BCUT2D eigenvalue weighted by atomic mass is 16.6. The number of hydrogen-bond acceptors (Lipinski definition) is 2. The smallest absolute Gasteiger partial charge is 0.407 e. The first-order valence-corrected chi connectivity index (χ1v) is 6.59. The van der Waals surface area contributed by atoms with Gasteiger partial charge in [-0.1, -0.05) is 20.8 Å². The minimum absolute atomic E-state index is 0.262. The normalized spacial score (nSPS) is 28.6. The number of carbonyl (C=O) groups is 1. The lowest BCUT2D eigenvalue weighted by atomic mass is 9.70. The van der Waals surface area contributed by atoms with Gasteiger partial charge in [-0.25, -0.2) is 4.79 Å². The van der Waals surface area contributed by atoms with E-state index in [0.29, 0.717) is 11.3 Å². The summed E-state index contributed by atoms with van der Waals surface area (Å²) in [7, 11) is 0. The van der Waals surface area contributed by atoms with Crippen molar-refractivity contribution in [2.24, 2.45) is 11.3 Å². The van der Waals surface area contributed by atoms with Gasteiger partial charge in [-0.3, -0.25) is 0 Å². The Morgan fingerprint density at radius 3 is 2.41 bits per heavy atom. The van der Waals surface area contributed by atoms with Crippen LogP contribution in [-0.4, -0.2) is 17.7 Å². The standard InChI is InChI=1S/C14H27NO2/c1-10-9-14(5,6)8-7-11(10)15-12(16)17-13(2,3)4/h10-11H,7-9H2,1-6H3,(H,15,16)/t10-,11?/m1/s1. The second-order valence-electron chi connectivity index (χ2n) is 7.14. The molecule has 100 valence electrons. The van der Waals surface area contributed by atoms with E-state index in [1.165, 1.54) is 0 Å². The molecule has 0 aromatic rings. The average Bonchev–Trinajstić information content (AvgIpc) is 2.06. The minimum Gasteiger partial charge on any atom is -0.444 e. The van der Waals surface area contributed by atoms with Crippen molar-refractivity contribution in [1.82, 2.24) is 5.32 Å². The molecule has 0 radical (unpaired) electrons. The predicted molar refractivity (Wildman–Crippen MR) is 70.0 cm³/mol. The number of nitrogens with one attached hydrogen (secondary N) is 1. The summed E-state index contributed by atoms with van der Waals surface area (Å²) < 4.78 is 5.29. The molecule has 1 aliphatic carbocycles. The Morgan fingerprint density at radius 1 is 1.35 bits per heavy atom. The minimum atomic E-state index is -0.415. The second-order valence-corrected chi connectivity index (χ2v) is 7.14. The van der Waals surface area contributed by atoms with Crippen molar-refractivity contribution in [3.05, 3.63) is 0 Å². The molecule has 0 aromatic heterocycles. The summed E-state index contributed by atoms with van der Waals surface area (Å²) in [5.41, 5.74) is -0.00716. The first-order chi connectivity index (χ1) is 7.59. The van der Waals surface area contributed by atoms with Crippen LogP contribution in [0.3, 0.4) is 0 Å². The number of hydrogen-bond donors (Lipinski definition) is 1. The molecule has 0 aromatic carbocycles. The summed E-state index contributed by atoms with van der Waals surface area (Å²) in [5.74, 6) is 0.520. The average molecular weight is 241 g/mol. The van der Waals surface area contributed by atoms with Gasteiger partial charge in [0.15, 0.2) is 0 Å². The lowest BCUT2D eigenvalue weighted by molar-refractivity contribution is 0.0437. The molecule has 1 saturated carbocycles. The number of rotatable bonds is 1. The van der Waals surface area contributed by atoms with E-state index >= 15 is 0 Å². The lowest BCUT2D eigenvalue weighted by Crippen LogP contribution is -2.46. The van der Waals surface area contributed by atoms with Crippen LogP contribution in [-0.2, 0) is 4.74 Å². The van der Waals surface area contributed by atoms with Crippen LogP contribution in [0.25, 0.3) is 0 Å². The van der Waals surface area contributed by atoms with E-state index in [1.54, 1.807) is 0 Å².